The van der Waals surface area contributed by atoms with Crippen LogP contribution in [0.4, 0.5) is 5.69 Å². The van der Waals surface area contributed by atoms with Crippen LogP contribution >= 0.6 is 15.9 Å². The van der Waals surface area contributed by atoms with E-state index in [2.05, 4.69) is 26.2 Å². The number of halogens is 1. The predicted octanol–water partition coefficient (Wildman–Crippen LogP) is 2.79. The molecule has 2 rings (SSSR count). The Morgan fingerprint density at radius 2 is 2.19 bits per heavy atom. The van der Waals surface area contributed by atoms with Crippen molar-refractivity contribution in [1.29, 1.82) is 0 Å². The lowest BCUT2D eigenvalue weighted by atomic mass is 10.1. The van der Waals surface area contributed by atoms with Crippen molar-refractivity contribution in [1.82, 2.24) is 4.98 Å². The summed E-state index contributed by atoms with van der Waals surface area (Å²) in [6, 6.07) is 6.99. The summed E-state index contributed by atoms with van der Waals surface area (Å²) in [7, 11) is 1.59. The van der Waals surface area contributed by atoms with Crippen LogP contribution in [0, 0.1) is 0 Å². The quantitative estimate of drug-likeness (QED) is 0.785. The zero-order chi connectivity index (χ0) is 15.2. The number of pyridine rings is 1. The Morgan fingerprint density at radius 3 is 2.90 bits per heavy atom. The molecule has 0 saturated carbocycles. The maximum atomic E-state index is 11.7. The molecule has 112 valence electrons. The van der Waals surface area contributed by atoms with E-state index in [1.807, 2.05) is 12.1 Å². The number of anilines is 1. The molecule has 0 saturated heterocycles. The SMILES string of the molecule is COCc1cc(=O)[nH]c2cc(NC(=O)CCCBr)ccc12. The average molecular weight is 353 g/mol. The number of nitrogens with one attached hydrogen (secondary N) is 2. The number of fused-ring (bicyclic) bond motifs is 1. The fraction of sp³-hybridized carbons (Fsp3) is 0.333. The lowest BCUT2D eigenvalue weighted by Crippen LogP contribution is -2.12. The molecule has 0 radical (unpaired) electrons. The topological polar surface area (TPSA) is 71.2 Å². The first-order chi connectivity index (χ1) is 10.1. The summed E-state index contributed by atoms with van der Waals surface area (Å²) in [5, 5.41) is 4.54. The van der Waals surface area contributed by atoms with E-state index in [0.29, 0.717) is 24.2 Å². The molecule has 21 heavy (non-hydrogen) atoms. The number of hydrogen-bond donors (Lipinski definition) is 2. The van der Waals surface area contributed by atoms with Crippen molar-refractivity contribution < 1.29 is 9.53 Å². The van der Waals surface area contributed by atoms with E-state index in [9.17, 15) is 9.59 Å². The number of carbonyl (C=O) groups excluding carboxylic acids is 1. The smallest absolute Gasteiger partial charge is 0.248 e. The van der Waals surface area contributed by atoms with E-state index in [-0.39, 0.29) is 11.5 Å². The van der Waals surface area contributed by atoms with Crippen LogP contribution in [0.1, 0.15) is 18.4 Å². The molecular formula is C15H17BrN2O3. The molecule has 2 N–H and O–H groups in total. The highest BCUT2D eigenvalue weighted by molar-refractivity contribution is 9.09. The van der Waals surface area contributed by atoms with Gasteiger partial charge in [-0.05, 0) is 24.1 Å². The van der Waals surface area contributed by atoms with Gasteiger partial charge in [0, 0.05) is 36.0 Å². The number of rotatable bonds is 6. The van der Waals surface area contributed by atoms with Crippen LogP contribution in [0.25, 0.3) is 10.9 Å². The molecule has 6 heteroatoms. The molecule has 0 fully saturated rings. The molecule has 5 nitrogen and oxygen atoms in total. The van der Waals surface area contributed by atoms with Gasteiger partial charge in [0.25, 0.3) is 0 Å². The predicted molar refractivity (Wildman–Crippen MR) is 86.9 cm³/mol. The summed E-state index contributed by atoms with van der Waals surface area (Å²) < 4.78 is 5.10. The number of amides is 1. The number of hydrogen-bond acceptors (Lipinski definition) is 3. The lowest BCUT2D eigenvalue weighted by molar-refractivity contribution is -0.116. The summed E-state index contributed by atoms with van der Waals surface area (Å²) in [5.74, 6) is -0.0378. The molecule has 2 aromatic rings. The summed E-state index contributed by atoms with van der Waals surface area (Å²) in [6.45, 7) is 0.372. The summed E-state index contributed by atoms with van der Waals surface area (Å²) in [6.07, 6.45) is 1.25. The number of aromatic nitrogens is 1. The van der Waals surface area contributed by atoms with Crippen molar-refractivity contribution in [3.63, 3.8) is 0 Å². The van der Waals surface area contributed by atoms with Crippen LogP contribution in [-0.4, -0.2) is 23.3 Å². The Balaban J connectivity index is 2.29. The van der Waals surface area contributed by atoms with Gasteiger partial charge in [-0.1, -0.05) is 22.0 Å². The van der Waals surface area contributed by atoms with Gasteiger partial charge >= 0.3 is 0 Å². The summed E-state index contributed by atoms with van der Waals surface area (Å²) in [5.41, 5.74) is 2.01. The van der Waals surface area contributed by atoms with Crippen LogP contribution in [0.3, 0.4) is 0 Å². The van der Waals surface area contributed by atoms with Crippen LogP contribution in [0.15, 0.2) is 29.1 Å². The molecule has 0 bridgehead atoms. The van der Waals surface area contributed by atoms with Crippen LogP contribution in [0.2, 0.25) is 0 Å². The molecule has 1 heterocycles. The fourth-order valence-corrected chi connectivity index (χ4v) is 2.42. The van der Waals surface area contributed by atoms with Crippen molar-refractivity contribution >= 4 is 38.4 Å². The van der Waals surface area contributed by atoms with Crippen molar-refractivity contribution in [2.75, 3.05) is 17.8 Å². The van der Waals surface area contributed by atoms with E-state index in [1.165, 1.54) is 6.07 Å². The fourth-order valence-electron chi connectivity index (χ4n) is 2.14. The van der Waals surface area contributed by atoms with Gasteiger partial charge in [-0.2, -0.15) is 0 Å². The van der Waals surface area contributed by atoms with E-state index in [1.54, 1.807) is 13.2 Å². The maximum absolute atomic E-state index is 11.7. The second-order valence-corrected chi connectivity index (χ2v) is 5.49. The first kappa shape index (κ1) is 15.7. The van der Waals surface area contributed by atoms with Gasteiger partial charge in [0.15, 0.2) is 0 Å². The Morgan fingerprint density at radius 1 is 1.38 bits per heavy atom. The third kappa shape index (κ3) is 4.15. The van der Waals surface area contributed by atoms with Gasteiger partial charge in [0.05, 0.1) is 12.1 Å². The number of methoxy groups -OCH3 is 1. The number of aromatic amines is 1. The maximum Gasteiger partial charge on any atom is 0.248 e. The second-order valence-electron chi connectivity index (χ2n) is 4.69. The normalized spacial score (nSPS) is 10.8. The molecular weight excluding hydrogens is 336 g/mol. The number of ether oxygens (including phenoxy) is 1. The minimum absolute atomic E-state index is 0.0378. The first-order valence-corrected chi connectivity index (χ1v) is 7.77. The molecule has 0 unspecified atom stereocenters. The van der Waals surface area contributed by atoms with Gasteiger partial charge < -0.3 is 15.0 Å². The molecule has 0 aliphatic carbocycles. The Hall–Kier alpha value is -1.66. The highest BCUT2D eigenvalue weighted by atomic mass is 79.9. The second kappa shape index (κ2) is 7.38. The number of alkyl halides is 1. The molecule has 1 amide bonds. The van der Waals surface area contributed by atoms with E-state index >= 15 is 0 Å². The van der Waals surface area contributed by atoms with Crippen LogP contribution in [0.5, 0.6) is 0 Å². The third-order valence-electron chi connectivity index (χ3n) is 3.05. The molecule has 1 aromatic heterocycles. The Labute approximate surface area is 130 Å². The van der Waals surface area contributed by atoms with Gasteiger partial charge in [-0.3, -0.25) is 9.59 Å². The largest absolute Gasteiger partial charge is 0.380 e. The monoisotopic (exact) mass is 352 g/mol. The average Bonchev–Trinajstić information content (AvgIpc) is 2.45. The number of H-pyrrole nitrogens is 1. The van der Waals surface area contributed by atoms with Gasteiger partial charge in [-0.25, -0.2) is 0 Å². The number of carbonyl (C=O) groups is 1. The molecule has 0 atom stereocenters. The molecule has 0 aliphatic heterocycles. The summed E-state index contributed by atoms with van der Waals surface area (Å²) in [4.78, 5) is 26.1. The van der Waals surface area contributed by atoms with Crippen LogP contribution < -0.4 is 10.9 Å². The first-order valence-electron chi connectivity index (χ1n) is 6.64. The zero-order valence-corrected chi connectivity index (χ0v) is 13.3. The van der Waals surface area contributed by atoms with Crippen molar-refractivity contribution in [3.05, 3.63) is 40.2 Å². The van der Waals surface area contributed by atoms with E-state index < -0.39 is 0 Å². The van der Waals surface area contributed by atoms with E-state index in [0.717, 1.165) is 22.7 Å². The van der Waals surface area contributed by atoms with Crippen molar-refractivity contribution in [3.8, 4) is 0 Å². The Kier molecular flexibility index (Phi) is 5.52. The Bertz CT molecular complexity index is 697. The van der Waals surface area contributed by atoms with Crippen LogP contribution in [-0.2, 0) is 16.1 Å². The highest BCUT2D eigenvalue weighted by Crippen LogP contribution is 2.20. The molecule has 0 aliphatic rings. The molecule has 0 spiro atoms. The van der Waals surface area contributed by atoms with E-state index in [4.69, 9.17) is 4.74 Å². The molecule has 1 aromatic carbocycles. The minimum Gasteiger partial charge on any atom is -0.380 e. The van der Waals surface area contributed by atoms with Gasteiger partial charge in [0.1, 0.15) is 0 Å². The zero-order valence-electron chi connectivity index (χ0n) is 11.7. The summed E-state index contributed by atoms with van der Waals surface area (Å²) >= 11 is 3.29. The highest BCUT2D eigenvalue weighted by Gasteiger charge is 2.06. The van der Waals surface area contributed by atoms with Gasteiger partial charge in [-0.15, -0.1) is 0 Å². The lowest BCUT2D eigenvalue weighted by Gasteiger charge is -2.09. The standard InChI is InChI=1S/C15H17BrN2O3/c1-21-9-10-7-15(20)18-13-8-11(4-5-12(10)13)17-14(19)3-2-6-16/h4-5,7-8H,2-3,6,9H2,1H3,(H,17,19)(H,18,20). The van der Waals surface area contributed by atoms with Crippen molar-refractivity contribution in [2.45, 2.75) is 19.4 Å². The number of benzene rings is 1. The third-order valence-corrected chi connectivity index (χ3v) is 3.61. The minimum atomic E-state index is -0.183. The van der Waals surface area contributed by atoms with Gasteiger partial charge in [0.2, 0.25) is 11.5 Å². The van der Waals surface area contributed by atoms with Crippen molar-refractivity contribution in [2.24, 2.45) is 0 Å².